The van der Waals surface area contributed by atoms with Crippen LogP contribution in [0.3, 0.4) is 0 Å². The molecule has 3 nitrogen and oxygen atoms in total. The van der Waals surface area contributed by atoms with Gasteiger partial charge in [-0.05, 0) is 11.2 Å². The van der Waals surface area contributed by atoms with Crippen molar-refractivity contribution in [1.29, 1.82) is 0 Å². The molecule has 14 heavy (non-hydrogen) atoms. The Hall–Kier alpha value is -1.47. The lowest BCUT2D eigenvalue weighted by atomic mass is 10.3. The summed E-state index contributed by atoms with van der Waals surface area (Å²) in [7, 11) is -1.37. The lowest BCUT2D eigenvalue weighted by Gasteiger charge is -2.03. The molecule has 0 saturated carbocycles. The van der Waals surface area contributed by atoms with Crippen molar-refractivity contribution in [3.63, 3.8) is 0 Å². The fourth-order valence-electron chi connectivity index (χ4n) is 0.806. The minimum Gasteiger partial charge on any atom is -0.261 e. The highest BCUT2D eigenvalue weighted by molar-refractivity contribution is 6.83. The monoisotopic (exact) mass is 204 g/mol. The largest absolute Gasteiger partial charge is 0.261 e. The standard InChI is InChI=1S/C10H12N2OSi/c1-14(2,3)5-4-9-6-10(12-13)8-11-7-9/h6-8H,1-3H3. The van der Waals surface area contributed by atoms with E-state index in [2.05, 4.69) is 41.3 Å². The smallest absolute Gasteiger partial charge is 0.129 e. The van der Waals surface area contributed by atoms with Gasteiger partial charge in [-0.1, -0.05) is 25.6 Å². The molecule has 0 aromatic carbocycles. The molecule has 0 atom stereocenters. The summed E-state index contributed by atoms with van der Waals surface area (Å²) in [6.07, 6.45) is 3.06. The lowest BCUT2D eigenvalue weighted by molar-refractivity contribution is 1.29. The zero-order valence-corrected chi connectivity index (χ0v) is 9.53. The van der Waals surface area contributed by atoms with Crippen LogP contribution in [0.4, 0.5) is 5.69 Å². The number of rotatable bonds is 1. The summed E-state index contributed by atoms with van der Waals surface area (Å²) in [5, 5.41) is 2.81. The van der Waals surface area contributed by atoms with Gasteiger partial charge in [0.05, 0.1) is 6.20 Å². The van der Waals surface area contributed by atoms with E-state index in [1.165, 1.54) is 6.20 Å². The molecule has 1 rings (SSSR count). The van der Waals surface area contributed by atoms with Crippen LogP contribution in [0, 0.1) is 16.4 Å². The van der Waals surface area contributed by atoms with Gasteiger partial charge in [0.1, 0.15) is 13.8 Å². The third kappa shape index (κ3) is 3.50. The van der Waals surface area contributed by atoms with Crippen LogP contribution >= 0.6 is 0 Å². The van der Waals surface area contributed by atoms with Gasteiger partial charge in [-0.3, -0.25) is 4.98 Å². The van der Waals surface area contributed by atoms with Crippen LogP contribution in [-0.4, -0.2) is 13.1 Å². The Morgan fingerprint density at radius 2 is 2.07 bits per heavy atom. The quantitative estimate of drug-likeness (QED) is 0.401. The zero-order chi connectivity index (χ0) is 10.6. The first-order valence-corrected chi connectivity index (χ1v) is 7.83. The van der Waals surface area contributed by atoms with E-state index < -0.39 is 8.07 Å². The Morgan fingerprint density at radius 1 is 1.36 bits per heavy atom. The van der Waals surface area contributed by atoms with Crippen LogP contribution < -0.4 is 0 Å². The van der Waals surface area contributed by atoms with Gasteiger partial charge in [-0.2, -0.15) is 0 Å². The second-order valence-electron chi connectivity index (χ2n) is 4.02. The minimum absolute atomic E-state index is 0.326. The van der Waals surface area contributed by atoms with Crippen molar-refractivity contribution in [2.45, 2.75) is 19.6 Å². The Morgan fingerprint density at radius 3 is 2.64 bits per heavy atom. The van der Waals surface area contributed by atoms with Crippen LogP contribution in [-0.2, 0) is 0 Å². The number of nitrogens with zero attached hydrogens (tertiary/aromatic N) is 2. The van der Waals surface area contributed by atoms with Gasteiger partial charge in [-0.25, -0.2) is 0 Å². The minimum atomic E-state index is -1.37. The summed E-state index contributed by atoms with van der Waals surface area (Å²) in [6, 6.07) is 1.65. The number of pyridine rings is 1. The maximum atomic E-state index is 10.2. The Balaban J connectivity index is 2.96. The van der Waals surface area contributed by atoms with Crippen LogP contribution in [0.15, 0.2) is 23.6 Å². The van der Waals surface area contributed by atoms with Gasteiger partial charge in [0.25, 0.3) is 0 Å². The van der Waals surface area contributed by atoms with Gasteiger partial charge in [0.15, 0.2) is 0 Å². The van der Waals surface area contributed by atoms with Crippen LogP contribution in [0.25, 0.3) is 0 Å². The first kappa shape index (κ1) is 10.6. The summed E-state index contributed by atoms with van der Waals surface area (Å²) in [4.78, 5) is 14.1. The zero-order valence-electron chi connectivity index (χ0n) is 8.53. The third-order valence-corrected chi connectivity index (χ3v) is 2.29. The van der Waals surface area contributed by atoms with E-state index in [1.54, 1.807) is 12.3 Å². The van der Waals surface area contributed by atoms with Crippen molar-refractivity contribution in [1.82, 2.24) is 4.98 Å². The SMILES string of the molecule is C[Si](C)(C)C#Cc1cncc(N=O)c1. The average Bonchev–Trinajstić information content (AvgIpc) is 2.14. The maximum absolute atomic E-state index is 10.2. The summed E-state index contributed by atoms with van der Waals surface area (Å²) in [6.45, 7) is 6.49. The number of hydrogen-bond acceptors (Lipinski definition) is 3. The van der Waals surface area contributed by atoms with E-state index in [0.717, 1.165) is 5.56 Å². The van der Waals surface area contributed by atoms with Crippen molar-refractivity contribution in [2.24, 2.45) is 5.18 Å². The van der Waals surface area contributed by atoms with Crippen molar-refractivity contribution in [3.05, 3.63) is 28.9 Å². The molecular weight excluding hydrogens is 192 g/mol. The molecule has 0 bridgehead atoms. The molecule has 1 aromatic rings. The molecule has 0 spiro atoms. The molecule has 0 aliphatic heterocycles. The van der Waals surface area contributed by atoms with Crippen molar-refractivity contribution in [3.8, 4) is 11.5 Å². The molecule has 0 saturated heterocycles. The molecule has 0 N–H and O–H groups in total. The number of hydrogen-bond donors (Lipinski definition) is 0. The molecule has 72 valence electrons. The fourth-order valence-corrected chi connectivity index (χ4v) is 1.33. The lowest BCUT2D eigenvalue weighted by Crippen LogP contribution is -2.16. The van der Waals surface area contributed by atoms with E-state index in [-0.39, 0.29) is 0 Å². The predicted octanol–water partition coefficient (Wildman–Crippen LogP) is 2.71. The van der Waals surface area contributed by atoms with Gasteiger partial charge in [-0.15, -0.1) is 10.5 Å². The van der Waals surface area contributed by atoms with Crippen molar-refractivity contribution >= 4 is 13.8 Å². The first-order valence-electron chi connectivity index (χ1n) is 4.33. The van der Waals surface area contributed by atoms with Crippen molar-refractivity contribution < 1.29 is 0 Å². The molecule has 4 heteroatoms. The normalized spacial score (nSPS) is 10.2. The van der Waals surface area contributed by atoms with E-state index in [9.17, 15) is 4.91 Å². The Bertz CT molecular complexity index is 399. The predicted molar refractivity (Wildman–Crippen MR) is 59.9 cm³/mol. The Labute approximate surface area is 84.6 Å². The third-order valence-electron chi connectivity index (χ3n) is 1.41. The topological polar surface area (TPSA) is 42.3 Å². The van der Waals surface area contributed by atoms with Crippen LogP contribution in [0.1, 0.15) is 5.56 Å². The molecule has 0 aliphatic rings. The molecule has 0 radical (unpaired) electrons. The molecule has 1 aromatic heterocycles. The summed E-state index contributed by atoms with van der Waals surface area (Å²) in [5.74, 6) is 3.01. The van der Waals surface area contributed by atoms with E-state index in [0.29, 0.717) is 5.69 Å². The molecule has 0 amide bonds. The number of nitroso groups, excluding NO2 is 1. The highest BCUT2D eigenvalue weighted by Gasteiger charge is 2.07. The van der Waals surface area contributed by atoms with Gasteiger partial charge >= 0.3 is 0 Å². The molecule has 0 fully saturated rings. The van der Waals surface area contributed by atoms with Gasteiger partial charge in [0, 0.05) is 11.8 Å². The number of aromatic nitrogens is 1. The highest BCUT2D eigenvalue weighted by atomic mass is 28.3. The van der Waals surface area contributed by atoms with Gasteiger partial charge < -0.3 is 0 Å². The highest BCUT2D eigenvalue weighted by Crippen LogP contribution is 2.10. The van der Waals surface area contributed by atoms with Crippen LogP contribution in [0.2, 0.25) is 19.6 Å². The van der Waals surface area contributed by atoms with E-state index in [4.69, 9.17) is 0 Å². The van der Waals surface area contributed by atoms with Gasteiger partial charge in [0.2, 0.25) is 0 Å². The summed E-state index contributed by atoms with van der Waals surface area (Å²) >= 11 is 0. The molecule has 1 heterocycles. The van der Waals surface area contributed by atoms with Crippen molar-refractivity contribution in [2.75, 3.05) is 0 Å². The summed E-state index contributed by atoms with van der Waals surface area (Å²) < 4.78 is 0. The molecule has 0 aliphatic carbocycles. The average molecular weight is 204 g/mol. The van der Waals surface area contributed by atoms with Crippen LogP contribution in [0.5, 0.6) is 0 Å². The second kappa shape index (κ2) is 4.16. The Kier molecular flexibility index (Phi) is 3.15. The second-order valence-corrected chi connectivity index (χ2v) is 8.77. The molecule has 0 unspecified atom stereocenters. The first-order chi connectivity index (χ1) is 6.51. The fraction of sp³-hybridized carbons (Fsp3) is 0.300. The molecular formula is C10H12N2OSi. The maximum Gasteiger partial charge on any atom is 0.129 e. The summed E-state index contributed by atoms with van der Waals surface area (Å²) in [5.41, 5.74) is 4.28. The van der Waals surface area contributed by atoms with E-state index in [1.807, 2.05) is 0 Å². The van der Waals surface area contributed by atoms with E-state index >= 15 is 0 Å².